The van der Waals surface area contributed by atoms with Crippen LogP contribution in [0.15, 0.2) is 42.5 Å². The largest absolute Gasteiger partial charge is 0.457 e. The first-order valence-electron chi connectivity index (χ1n) is 7.65. The van der Waals surface area contributed by atoms with Gasteiger partial charge in [0.1, 0.15) is 18.2 Å². The molecule has 0 aliphatic heterocycles. The summed E-state index contributed by atoms with van der Waals surface area (Å²) < 4.78 is 6.72. The molecule has 0 fully saturated rings. The number of halogens is 1. The van der Waals surface area contributed by atoms with Crippen molar-refractivity contribution in [1.82, 2.24) is 9.78 Å². The number of nitrogens with zero attached hydrogens (tertiary/aromatic N) is 3. The van der Waals surface area contributed by atoms with E-state index in [1.165, 1.54) is 12.2 Å². The number of esters is 1. The van der Waals surface area contributed by atoms with Crippen molar-refractivity contribution in [2.75, 3.05) is 6.61 Å². The van der Waals surface area contributed by atoms with Crippen molar-refractivity contribution in [3.8, 4) is 6.07 Å². The van der Waals surface area contributed by atoms with Gasteiger partial charge in [0, 0.05) is 16.3 Å². The first-order chi connectivity index (χ1) is 12.0. The van der Waals surface area contributed by atoms with Gasteiger partial charge in [-0.2, -0.15) is 10.4 Å². The number of ether oxygens (including phenoxy) is 1. The van der Waals surface area contributed by atoms with E-state index >= 15 is 0 Å². The molecule has 0 bridgehead atoms. The number of carbonyl (C=O) groups is 1. The van der Waals surface area contributed by atoms with Gasteiger partial charge in [0.25, 0.3) is 0 Å². The summed E-state index contributed by atoms with van der Waals surface area (Å²) in [5, 5.41) is 14.4. The van der Waals surface area contributed by atoms with E-state index in [0.29, 0.717) is 17.3 Å². The molecule has 1 aromatic carbocycles. The molecule has 0 aliphatic rings. The van der Waals surface area contributed by atoms with Gasteiger partial charge in [-0.1, -0.05) is 42.5 Å². The van der Waals surface area contributed by atoms with E-state index in [1.54, 1.807) is 4.68 Å². The molecule has 0 saturated heterocycles. The number of rotatable bonds is 6. The number of aromatic nitrogens is 2. The second-order valence-corrected chi connectivity index (χ2v) is 5.80. The van der Waals surface area contributed by atoms with E-state index < -0.39 is 5.97 Å². The van der Waals surface area contributed by atoms with Gasteiger partial charge in [-0.05, 0) is 31.6 Å². The minimum atomic E-state index is -0.681. The van der Waals surface area contributed by atoms with Crippen LogP contribution in [0.3, 0.4) is 0 Å². The average molecular weight is 356 g/mol. The summed E-state index contributed by atoms with van der Waals surface area (Å²) in [6.45, 7) is 7.74. The Bertz CT molecular complexity index is 875. The Hall–Kier alpha value is -2.84. The van der Waals surface area contributed by atoms with Crippen molar-refractivity contribution >= 4 is 23.6 Å². The number of aryl methyl sites for hydroxylation is 1. The minimum Gasteiger partial charge on any atom is -0.457 e. The zero-order valence-corrected chi connectivity index (χ0v) is 14.9. The Morgan fingerprint density at radius 2 is 2.16 bits per heavy atom. The SMILES string of the molecule is C=CCOC(=O)/C(C#N)=C/c1c(C)nn(Cc2ccccc2Cl)c1C. The molecule has 0 unspecified atom stereocenters. The normalized spacial score (nSPS) is 11.0. The number of benzene rings is 1. The number of nitriles is 1. The standard InChI is InChI=1S/C19H18ClN3O2/c1-4-9-25-19(24)16(11-21)10-17-13(2)22-23(14(17)3)12-15-7-5-6-8-18(15)20/h4-8,10H,1,9,12H2,2-3H3/b16-10+. The van der Waals surface area contributed by atoms with Crippen LogP contribution in [-0.4, -0.2) is 22.4 Å². The molecule has 25 heavy (non-hydrogen) atoms. The number of hydrogen-bond donors (Lipinski definition) is 0. The van der Waals surface area contributed by atoms with Crippen LogP contribution >= 0.6 is 11.6 Å². The summed E-state index contributed by atoms with van der Waals surface area (Å²) in [5.74, 6) is -0.681. The van der Waals surface area contributed by atoms with Crippen molar-refractivity contribution < 1.29 is 9.53 Å². The fourth-order valence-corrected chi connectivity index (χ4v) is 2.55. The molecule has 0 spiro atoms. The van der Waals surface area contributed by atoms with Gasteiger partial charge in [-0.15, -0.1) is 0 Å². The maximum atomic E-state index is 11.9. The molecule has 0 saturated carbocycles. The third kappa shape index (κ3) is 4.37. The van der Waals surface area contributed by atoms with E-state index in [2.05, 4.69) is 11.7 Å². The molecule has 0 radical (unpaired) electrons. The second kappa shape index (κ2) is 8.32. The molecule has 0 N–H and O–H groups in total. The fourth-order valence-electron chi connectivity index (χ4n) is 2.36. The van der Waals surface area contributed by atoms with Gasteiger partial charge >= 0.3 is 5.97 Å². The van der Waals surface area contributed by atoms with Crippen molar-refractivity contribution in [3.63, 3.8) is 0 Å². The first-order valence-corrected chi connectivity index (χ1v) is 8.03. The van der Waals surface area contributed by atoms with Crippen LogP contribution in [0.25, 0.3) is 6.08 Å². The van der Waals surface area contributed by atoms with Crippen LogP contribution in [0.4, 0.5) is 0 Å². The topological polar surface area (TPSA) is 67.9 Å². The number of hydrogen-bond acceptors (Lipinski definition) is 4. The molecule has 0 amide bonds. The molecular weight excluding hydrogens is 338 g/mol. The zero-order valence-electron chi connectivity index (χ0n) is 14.1. The molecule has 0 aliphatic carbocycles. The van der Waals surface area contributed by atoms with Gasteiger partial charge < -0.3 is 4.74 Å². The molecule has 1 heterocycles. The van der Waals surface area contributed by atoms with Gasteiger partial charge in [0.2, 0.25) is 0 Å². The molecule has 6 heteroatoms. The predicted octanol–water partition coefficient (Wildman–Crippen LogP) is 3.84. The lowest BCUT2D eigenvalue weighted by atomic mass is 10.1. The van der Waals surface area contributed by atoms with Gasteiger partial charge in [-0.25, -0.2) is 4.79 Å². The monoisotopic (exact) mass is 355 g/mol. The second-order valence-electron chi connectivity index (χ2n) is 5.39. The van der Waals surface area contributed by atoms with Crippen molar-refractivity contribution in [2.24, 2.45) is 0 Å². The smallest absolute Gasteiger partial charge is 0.349 e. The third-order valence-electron chi connectivity index (χ3n) is 3.68. The molecule has 0 atom stereocenters. The Balaban J connectivity index is 2.34. The predicted molar refractivity (Wildman–Crippen MR) is 97.0 cm³/mol. The van der Waals surface area contributed by atoms with E-state index in [0.717, 1.165) is 16.8 Å². The van der Waals surface area contributed by atoms with E-state index in [1.807, 2.05) is 44.2 Å². The summed E-state index contributed by atoms with van der Waals surface area (Å²) >= 11 is 6.20. The lowest BCUT2D eigenvalue weighted by Gasteiger charge is -2.07. The minimum absolute atomic E-state index is 0.0571. The van der Waals surface area contributed by atoms with Crippen LogP contribution < -0.4 is 0 Å². The highest BCUT2D eigenvalue weighted by molar-refractivity contribution is 6.31. The van der Waals surface area contributed by atoms with Crippen LogP contribution in [0.2, 0.25) is 5.02 Å². The Morgan fingerprint density at radius 1 is 1.44 bits per heavy atom. The Morgan fingerprint density at radius 3 is 2.80 bits per heavy atom. The van der Waals surface area contributed by atoms with Crippen molar-refractivity contribution in [3.05, 3.63) is 70.0 Å². The van der Waals surface area contributed by atoms with Crippen LogP contribution in [0.1, 0.15) is 22.5 Å². The number of carbonyl (C=O) groups excluding carboxylic acids is 1. The highest BCUT2D eigenvalue weighted by Crippen LogP contribution is 2.21. The quantitative estimate of drug-likeness (QED) is 0.342. The van der Waals surface area contributed by atoms with Crippen molar-refractivity contribution in [2.45, 2.75) is 20.4 Å². The fraction of sp³-hybridized carbons (Fsp3) is 0.211. The van der Waals surface area contributed by atoms with E-state index in [4.69, 9.17) is 16.3 Å². The highest BCUT2D eigenvalue weighted by atomic mass is 35.5. The molecule has 128 valence electrons. The maximum Gasteiger partial charge on any atom is 0.349 e. The van der Waals surface area contributed by atoms with E-state index in [-0.39, 0.29) is 12.2 Å². The first kappa shape index (κ1) is 18.5. The lowest BCUT2D eigenvalue weighted by molar-refractivity contribution is -0.137. The summed E-state index contributed by atoms with van der Waals surface area (Å²) in [6.07, 6.45) is 2.96. The maximum absolute atomic E-state index is 11.9. The van der Waals surface area contributed by atoms with Crippen LogP contribution in [0.5, 0.6) is 0 Å². The van der Waals surface area contributed by atoms with Gasteiger partial charge in [0.05, 0.1) is 12.2 Å². The van der Waals surface area contributed by atoms with Gasteiger partial charge in [0.15, 0.2) is 0 Å². The highest BCUT2D eigenvalue weighted by Gasteiger charge is 2.15. The van der Waals surface area contributed by atoms with Gasteiger partial charge in [-0.3, -0.25) is 4.68 Å². The van der Waals surface area contributed by atoms with Crippen molar-refractivity contribution in [1.29, 1.82) is 5.26 Å². The summed E-state index contributed by atoms with van der Waals surface area (Å²) in [4.78, 5) is 11.9. The van der Waals surface area contributed by atoms with E-state index in [9.17, 15) is 10.1 Å². The third-order valence-corrected chi connectivity index (χ3v) is 4.05. The lowest BCUT2D eigenvalue weighted by Crippen LogP contribution is -2.07. The Labute approximate surface area is 151 Å². The molecule has 1 aromatic heterocycles. The van der Waals surface area contributed by atoms with Crippen LogP contribution in [-0.2, 0) is 16.1 Å². The average Bonchev–Trinajstić information content (AvgIpc) is 2.86. The molecule has 5 nitrogen and oxygen atoms in total. The Kier molecular flexibility index (Phi) is 6.15. The summed E-state index contributed by atoms with van der Waals surface area (Å²) in [6, 6.07) is 9.42. The summed E-state index contributed by atoms with van der Waals surface area (Å²) in [7, 11) is 0. The summed E-state index contributed by atoms with van der Waals surface area (Å²) in [5.41, 5.74) is 3.14. The molecule has 2 aromatic rings. The zero-order chi connectivity index (χ0) is 18.4. The molecule has 2 rings (SSSR count). The molecular formula is C19H18ClN3O2. The van der Waals surface area contributed by atoms with Crippen LogP contribution in [0, 0.1) is 25.2 Å².